The predicted octanol–water partition coefficient (Wildman–Crippen LogP) is 1.72. The van der Waals surface area contributed by atoms with Crippen molar-refractivity contribution in [3.8, 4) is 0 Å². The van der Waals surface area contributed by atoms with Crippen LogP contribution in [0.2, 0.25) is 0 Å². The fourth-order valence-electron chi connectivity index (χ4n) is 2.36. The highest BCUT2D eigenvalue weighted by atomic mass is 16.5. The Labute approximate surface area is 118 Å². The van der Waals surface area contributed by atoms with Gasteiger partial charge in [-0.15, -0.1) is 0 Å². The summed E-state index contributed by atoms with van der Waals surface area (Å²) in [7, 11) is 1.35. The van der Waals surface area contributed by atoms with Crippen molar-refractivity contribution >= 4 is 17.6 Å². The molecule has 1 amide bonds. The number of piperidine rings is 1. The molecule has 2 N–H and O–H groups in total. The van der Waals surface area contributed by atoms with Crippen molar-refractivity contribution < 1.29 is 14.3 Å². The van der Waals surface area contributed by atoms with Gasteiger partial charge in [0.2, 0.25) is 5.91 Å². The second-order valence-electron chi connectivity index (χ2n) is 5.05. The van der Waals surface area contributed by atoms with E-state index in [0.29, 0.717) is 5.56 Å². The Morgan fingerprint density at radius 3 is 2.80 bits per heavy atom. The second-order valence-corrected chi connectivity index (χ2v) is 5.05. The van der Waals surface area contributed by atoms with Gasteiger partial charge in [-0.2, -0.15) is 0 Å². The monoisotopic (exact) mass is 276 g/mol. The largest absolute Gasteiger partial charge is 0.465 e. The van der Waals surface area contributed by atoms with Gasteiger partial charge in [0, 0.05) is 12.2 Å². The van der Waals surface area contributed by atoms with Crippen LogP contribution in [0.25, 0.3) is 0 Å². The normalized spacial score (nSPS) is 18.4. The molecule has 0 aromatic heterocycles. The van der Waals surface area contributed by atoms with E-state index in [2.05, 4.69) is 15.4 Å². The lowest BCUT2D eigenvalue weighted by Gasteiger charge is -2.22. The zero-order valence-electron chi connectivity index (χ0n) is 11.9. The Bertz CT molecular complexity index is 508. The third-order valence-electron chi connectivity index (χ3n) is 3.57. The Balaban J connectivity index is 2.05. The lowest BCUT2D eigenvalue weighted by molar-refractivity contribution is -0.120. The van der Waals surface area contributed by atoms with Gasteiger partial charge in [-0.25, -0.2) is 4.79 Å². The highest BCUT2D eigenvalue weighted by molar-refractivity contribution is 5.95. The summed E-state index contributed by atoms with van der Waals surface area (Å²) in [5.74, 6) is -0.322. The van der Waals surface area contributed by atoms with Gasteiger partial charge in [0.05, 0.1) is 18.6 Å². The van der Waals surface area contributed by atoms with Gasteiger partial charge in [-0.05, 0) is 50.1 Å². The molecule has 5 heteroatoms. The van der Waals surface area contributed by atoms with E-state index in [1.54, 1.807) is 18.2 Å². The summed E-state index contributed by atoms with van der Waals surface area (Å²) in [5.41, 5.74) is 2.08. The van der Waals surface area contributed by atoms with Gasteiger partial charge >= 0.3 is 5.97 Å². The topological polar surface area (TPSA) is 67.4 Å². The second kappa shape index (κ2) is 6.52. The molecule has 0 saturated carbocycles. The molecule has 1 atom stereocenters. The van der Waals surface area contributed by atoms with E-state index in [4.69, 9.17) is 0 Å². The van der Waals surface area contributed by atoms with Crippen LogP contribution in [0.3, 0.4) is 0 Å². The first kappa shape index (κ1) is 14.5. The summed E-state index contributed by atoms with van der Waals surface area (Å²) in [6.07, 6.45) is 1.94. The molecule has 1 saturated heterocycles. The molecule has 1 aliphatic rings. The van der Waals surface area contributed by atoms with Gasteiger partial charge in [0.25, 0.3) is 0 Å². The van der Waals surface area contributed by atoms with E-state index in [-0.39, 0.29) is 17.8 Å². The van der Waals surface area contributed by atoms with Crippen LogP contribution in [-0.2, 0) is 9.53 Å². The summed E-state index contributed by atoms with van der Waals surface area (Å²) in [6.45, 7) is 3.57. The van der Waals surface area contributed by atoms with E-state index in [9.17, 15) is 9.59 Å². The maximum atomic E-state index is 12.2. The number of aryl methyl sites for hydroxylation is 1. The third kappa shape index (κ3) is 3.36. The number of hydrogen-bond acceptors (Lipinski definition) is 4. The summed E-state index contributed by atoms with van der Waals surface area (Å²) < 4.78 is 4.67. The standard InChI is InChI=1S/C15H20N2O3/c1-10-8-11(15(19)20-2)5-6-13(10)17-14(18)12-4-3-7-16-9-12/h5-6,8,12,16H,3-4,7,9H2,1-2H3,(H,17,18)/t12-/m0/s1. The molecule has 0 radical (unpaired) electrons. The number of carbonyl (C=O) groups is 2. The van der Waals surface area contributed by atoms with E-state index in [0.717, 1.165) is 37.2 Å². The number of methoxy groups -OCH3 is 1. The van der Waals surface area contributed by atoms with Gasteiger partial charge in [0.15, 0.2) is 0 Å². The van der Waals surface area contributed by atoms with Crippen molar-refractivity contribution in [2.24, 2.45) is 5.92 Å². The summed E-state index contributed by atoms with van der Waals surface area (Å²) in [5, 5.41) is 6.16. The van der Waals surface area contributed by atoms with Crippen LogP contribution in [0.1, 0.15) is 28.8 Å². The third-order valence-corrected chi connectivity index (χ3v) is 3.57. The fourth-order valence-corrected chi connectivity index (χ4v) is 2.36. The first-order chi connectivity index (χ1) is 9.61. The minimum absolute atomic E-state index is 0.0171. The van der Waals surface area contributed by atoms with Gasteiger partial charge in [0.1, 0.15) is 0 Å². The van der Waals surface area contributed by atoms with Crippen LogP contribution in [0.5, 0.6) is 0 Å². The van der Waals surface area contributed by atoms with Crippen LogP contribution in [0.4, 0.5) is 5.69 Å². The van der Waals surface area contributed by atoms with Crippen LogP contribution < -0.4 is 10.6 Å². The van der Waals surface area contributed by atoms with E-state index >= 15 is 0 Å². The molecule has 20 heavy (non-hydrogen) atoms. The van der Waals surface area contributed by atoms with Crippen LogP contribution >= 0.6 is 0 Å². The van der Waals surface area contributed by atoms with Crippen molar-refractivity contribution in [2.75, 3.05) is 25.5 Å². The van der Waals surface area contributed by atoms with Gasteiger partial charge in [-0.3, -0.25) is 4.79 Å². The lowest BCUT2D eigenvalue weighted by atomic mass is 9.98. The van der Waals surface area contributed by atoms with Crippen molar-refractivity contribution in [1.82, 2.24) is 5.32 Å². The number of anilines is 1. The highest BCUT2D eigenvalue weighted by Crippen LogP contribution is 2.19. The maximum Gasteiger partial charge on any atom is 0.337 e. The van der Waals surface area contributed by atoms with Gasteiger partial charge < -0.3 is 15.4 Å². The average molecular weight is 276 g/mol. The van der Waals surface area contributed by atoms with Crippen LogP contribution in [-0.4, -0.2) is 32.1 Å². The quantitative estimate of drug-likeness (QED) is 0.825. The Hall–Kier alpha value is -1.88. The number of amides is 1. The molecule has 0 aliphatic carbocycles. The van der Waals surface area contributed by atoms with E-state index in [1.165, 1.54) is 7.11 Å². The fraction of sp³-hybridized carbons (Fsp3) is 0.467. The van der Waals surface area contributed by atoms with Gasteiger partial charge in [-0.1, -0.05) is 0 Å². The van der Waals surface area contributed by atoms with Crippen molar-refractivity contribution in [2.45, 2.75) is 19.8 Å². The molecule has 2 rings (SSSR count). The minimum Gasteiger partial charge on any atom is -0.465 e. The predicted molar refractivity (Wildman–Crippen MR) is 76.7 cm³/mol. The zero-order valence-corrected chi connectivity index (χ0v) is 11.9. The summed E-state index contributed by atoms with van der Waals surface area (Å²) in [4.78, 5) is 23.6. The number of carbonyl (C=O) groups excluding carboxylic acids is 2. The zero-order chi connectivity index (χ0) is 14.5. The molecular formula is C15H20N2O3. The lowest BCUT2D eigenvalue weighted by Crippen LogP contribution is -2.37. The van der Waals surface area contributed by atoms with Crippen LogP contribution in [0, 0.1) is 12.8 Å². The number of nitrogens with one attached hydrogen (secondary N) is 2. The molecule has 0 unspecified atom stereocenters. The first-order valence-corrected chi connectivity index (χ1v) is 6.82. The summed E-state index contributed by atoms with van der Waals surface area (Å²) in [6, 6.07) is 5.13. The van der Waals surface area contributed by atoms with Crippen molar-refractivity contribution in [1.29, 1.82) is 0 Å². The molecule has 1 fully saturated rings. The maximum absolute atomic E-state index is 12.2. The molecule has 1 aromatic carbocycles. The van der Waals surface area contributed by atoms with E-state index in [1.807, 2.05) is 6.92 Å². The Kier molecular flexibility index (Phi) is 4.74. The number of hydrogen-bond donors (Lipinski definition) is 2. The molecular weight excluding hydrogens is 256 g/mol. The van der Waals surface area contributed by atoms with Crippen molar-refractivity contribution in [3.05, 3.63) is 29.3 Å². The Morgan fingerprint density at radius 2 is 2.20 bits per heavy atom. The van der Waals surface area contributed by atoms with Crippen LogP contribution in [0.15, 0.2) is 18.2 Å². The SMILES string of the molecule is COC(=O)c1ccc(NC(=O)[C@H]2CCCNC2)c(C)c1. The molecule has 5 nitrogen and oxygen atoms in total. The highest BCUT2D eigenvalue weighted by Gasteiger charge is 2.21. The molecule has 0 bridgehead atoms. The smallest absolute Gasteiger partial charge is 0.337 e. The van der Waals surface area contributed by atoms with E-state index < -0.39 is 0 Å². The number of ether oxygens (including phenoxy) is 1. The molecule has 0 spiro atoms. The molecule has 1 heterocycles. The Morgan fingerprint density at radius 1 is 1.40 bits per heavy atom. The minimum atomic E-state index is -0.373. The average Bonchev–Trinajstić information content (AvgIpc) is 2.49. The number of esters is 1. The number of rotatable bonds is 3. The molecule has 108 valence electrons. The number of benzene rings is 1. The first-order valence-electron chi connectivity index (χ1n) is 6.82. The molecule has 1 aromatic rings. The molecule has 1 aliphatic heterocycles. The van der Waals surface area contributed by atoms with Crippen molar-refractivity contribution in [3.63, 3.8) is 0 Å². The summed E-state index contributed by atoms with van der Waals surface area (Å²) >= 11 is 0.